The summed E-state index contributed by atoms with van der Waals surface area (Å²) < 4.78 is 38.3. The van der Waals surface area contributed by atoms with Crippen molar-refractivity contribution in [3.8, 4) is 11.1 Å². The van der Waals surface area contributed by atoms with Crippen LogP contribution in [0.25, 0.3) is 11.1 Å². The van der Waals surface area contributed by atoms with Crippen LogP contribution in [0.1, 0.15) is 21.6 Å². The number of rotatable bonds is 5. The molecule has 3 aromatic rings. The second kappa shape index (κ2) is 8.02. The Balaban J connectivity index is 1.78. The number of aromatic nitrogens is 1. The number of thiazole rings is 1. The van der Waals surface area contributed by atoms with E-state index in [1.165, 1.54) is 23.5 Å². The Bertz CT molecular complexity index is 965. The molecule has 146 valence electrons. The highest BCUT2D eigenvalue weighted by atomic mass is 32.1. The SMILES string of the molecule is CN(C)c1nc(CNC(=O)c2ccccc2-c2ccc(C(F)(F)F)cc2)cs1. The molecule has 0 atom stereocenters. The highest BCUT2D eigenvalue weighted by molar-refractivity contribution is 7.13. The second-order valence-electron chi connectivity index (χ2n) is 6.32. The van der Waals surface area contributed by atoms with Crippen molar-refractivity contribution in [2.75, 3.05) is 19.0 Å². The van der Waals surface area contributed by atoms with Crippen LogP contribution in [-0.4, -0.2) is 25.0 Å². The first-order chi connectivity index (χ1) is 13.3. The van der Waals surface area contributed by atoms with Gasteiger partial charge < -0.3 is 10.2 Å². The Morgan fingerprint density at radius 2 is 1.79 bits per heavy atom. The molecule has 0 bridgehead atoms. The zero-order chi connectivity index (χ0) is 20.3. The summed E-state index contributed by atoms with van der Waals surface area (Å²) in [5, 5.41) is 5.53. The van der Waals surface area contributed by atoms with Crippen LogP contribution in [-0.2, 0) is 12.7 Å². The summed E-state index contributed by atoms with van der Waals surface area (Å²) in [6.07, 6.45) is -4.39. The average molecular weight is 405 g/mol. The van der Waals surface area contributed by atoms with Gasteiger partial charge in [0, 0.05) is 25.0 Å². The number of carbonyl (C=O) groups is 1. The molecule has 0 radical (unpaired) electrons. The van der Waals surface area contributed by atoms with Crippen molar-refractivity contribution in [2.24, 2.45) is 0 Å². The molecule has 0 saturated heterocycles. The molecular weight excluding hydrogens is 387 g/mol. The number of carbonyl (C=O) groups excluding carboxylic acids is 1. The molecule has 0 unspecified atom stereocenters. The number of nitrogens with one attached hydrogen (secondary N) is 1. The second-order valence-corrected chi connectivity index (χ2v) is 7.16. The fourth-order valence-electron chi connectivity index (χ4n) is 2.62. The van der Waals surface area contributed by atoms with E-state index in [1.807, 2.05) is 24.4 Å². The van der Waals surface area contributed by atoms with Gasteiger partial charge in [-0.3, -0.25) is 4.79 Å². The number of anilines is 1. The Kier molecular flexibility index (Phi) is 5.69. The van der Waals surface area contributed by atoms with E-state index in [-0.39, 0.29) is 12.5 Å². The number of halogens is 3. The van der Waals surface area contributed by atoms with Gasteiger partial charge in [0.05, 0.1) is 17.8 Å². The predicted molar refractivity (Wildman–Crippen MR) is 104 cm³/mol. The van der Waals surface area contributed by atoms with Gasteiger partial charge in [-0.1, -0.05) is 30.3 Å². The molecule has 2 aromatic carbocycles. The van der Waals surface area contributed by atoms with Gasteiger partial charge in [-0.25, -0.2) is 4.98 Å². The zero-order valence-electron chi connectivity index (χ0n) is 15.2. The average Bonchev–Trinajstić information content (AvgIpc) is 3.15. The monoisotopic (exact) mass is 405 g/mol. The smallest absolute Gasteiger partial charge is 0.354 e. The molecule has 0 aliphatic rings. The zero-order valence-corrected chi connectivity index (χ0v) is 16.1. The lowest BCUT2D eigenvalue weighted by atomic mass is 9.98. The number of nitrogens with zero attached hydrogens (tertiary/aromatic N) is 2. The van der Waals surface area contributed by atoms with Crippen LogP contribution in [0.2, 0.25) is 0 Å². The maximum Gasteiger partial charge on any atom is 0.416 e. The van der Waals surface area contributed by atoms with Crippen molar-refractivity contribution in [1.29, 1.82) is 0 Å². The van der Waals surface area contributed by atoms with Crippen LogP contribution >= 0.6 is 11.3 Å². The Morgan fingerprint density at radius 3 is 2.39 bits per heavy atom. The quantitative estimate of drug-likeness (QED) is 0.662. The van der Waals surface area contributed by atoms with Crippen LogP contribution in [0.3, 0.4) is 0 Å². The van der Waals surface area contributed by atoms with Crippen molar-refractivity contribution in [3.63, 3.8) is 0 Å². The maximum atomic E-state index is 12.8. The minimum Gasteiger partial charge on any atom is -0.354 e. The first-order valence-corrected chi connectivity index (χ1v) is 9.30. The van der Waals surface area contributed by atoms with Gasteiger partial charge in [-0.2, -0.15) is 13.2 Å². The van der Waals surface area contributed by atoms with Crippen LogP contribution in [0.5, 0.6) is 0 Å². The van der Waals surface area contributed by atoms with E-state index >= 15 is 0 Å². The third-order valence-corrected chi connectivity index (χ3v) is 5.10. The molecule has 1 N–H and O–H groups in total. The van der Waals surface area contributed by atoms with Gasteiger partial charge in [-0.15, -0.1) is 11.3 Å². The molecule has 0 spiro atoms. The van der Waals surface area contributed by atoms with Crippen molar-refractivity contribution in [1.82, 2.24) is 10.3 Å². The third kappa shape index (κ3) is 4.51. The Morgan fingerprint density at radius 1 is 1.11 bits per heavy atom. The standard InChI is InChI=1S/C20H18F3N3OS/c1-26(2)19-25-15(12-28-19)11-24-18(27)17-6-4-3-5-16(17)13-7-9-14(10-8-13)20(21,22)23/h3-10,12H,11H2,1-2H3,(H,24,27). The Labute approximate surface area is 164 Å². The van der Waals surface area contributed by atoms with Gasteiger partial charge in [-0.05, 0) is 29.3 Å². The summed E-state index contributed by atoms with van der Waals surface area (Å²) >= 11 is 1.48. The van der Waals surface area contributed by atoms with E-state index < -0.39 is 11.7 Å². The van der Waals surface area contributed by atoms with Gasteiger partial charge in [0.2, 0.25) is 0 Å². The van der Waals surface area contributed by atoms with E-state index in [4.69, 9.17) is 0 Å². The van der Waals surface area contributed by atoms with E-state index in [0.29, 0.717) is 16.7 Å². The van der Waals surface area contributed by atoms with Gasteiger partial charge in [0.15, 0.2) is 5.13 Å². The molecule has 0 aliphatic carbocycles. The molecule has 4 nitrogen and oxygen atoms in total. The minimum absolute atomic E-state index is 0.268. The molecule has 1 aromatic heterocycles. The molecule has 28 heavy (non-hydrogen) atoms. The summed E-state index contributed by atoms with van der Waals surface area (Å²) in [6, 6.07) is 11.6. The van der Waals surface area contributed by atoms with E-state index in [0.717, 1.165) is 23.0 Å². The first kappa shape index (κ1) is 19.9. The van der Waals surface area contributed by atoms with Gasteiger partial charge >= 0.3 is 6.18 Å². The fourth-order valence-corrected chi connectivity index (χ4v) is 3.38. The first-order valence-electron chi connectivity index (χ1n) is 8.42. The fraction of sp³-hybridized carbons (Fsp3) is 0.200. The number of amides is 1. The van der Waals surface area contributed by atoms with Crippen LogP contribution in [0.15, 0.2) is 53.9 Å². The third-order valence-electron chi connectivity index (χ3n) is 4.05. The summed E-state index contributed by atoms with van der Waals surface area (Å²) in [7, 11) is 3.78. The lowest BCUT2D eigenvalue weighted by Crippen LogP contribution is -2.23. The summed E-state index contributed by atoms with van der Waals surface area (Å²) in [6.45, 7) is 0.268. The van der Waals surface area contributed by atoms with Gasteiger partial charge in [0.25, 0.3) is 5.91 Å². The minimum atomic E-state index is -4.39. The number of hydrogen-bond donors (Lipinski definition) is 1. The Hall–Kier alpha value is -2.87. The van der Waals surface area contributed by atoms with Crippen molar-refractivity contribution >= 4 is 22.4 Å². The number of hydrogen-bond acceptors (Lipinski definition) is 4. The predicted octanol–water partition coefficient (Wildman–Crippen LogP) is 4.82. The largest absolute Gasteiger partial charge is 0.416 e. The van der Waals surface area contributed by atoms with Crippen LogP contribution < -0.4 is 10.2 Å². The summed E-state index contributed by atoms with van der Waals surface area (Å²) in [5.74, 6) is -0.310. The highest BCUT2D eigenvalue weighted by Crippen LogP contribution is 2.31. The molecule has 1 amide bonds. The molecule has 0 fully saturated rings. The molecular formula is C20H18F3N3OS. The highest BCUT2D eigenvalue weighted by Gasteiger charge is 2.30. The molecule has 0 saturated carbocycles. The normalized spacial score (nSPS) is 11.3. The molecule has 0 aliphatic heterocycles. The lowest BCUT2D eigenvalue weighted by molar-refractivity contribution is -0.137. The maximum absolute atomic E-state index is 12.8. The summed E-state index contributed by atoms with van der Waals surface area (Å²) in [4.78, 5) is 18.9. The molecule has 8 heteroatoms. The molecule has 1 heterocycles. The van der Waals surface area contributed by atoms with E-state index in [2.05, 4.69) is 10.3 Å². The number of alkyl halides is 3. The van der Waals surface area contributed by atoms with E-state index in [1.54, 1.807) is 24.3 Å². The van der Waals surface area contributed by atoms with Gasteiger partial charge in [0.1, 0.15) is 0 Å². The van der Waals surface area contributed by atoms with Crippen molar-refractivity contribution in [2.45, 2.75) is 12.7 Å². The van der Waals surface area contributed by atoms with E-state index in [9.17, 15) is 18.0 Å². The van der Waals surface area contributed by atoms with Crippen molar-refractivity contribution < 1.29 is 18.0 Å². The molecule has 3 rings (SSSR count). The van der Waals surface area contributed by atoms with Crippen LogP contribution in [0.4, 0.5) is 18.3 Å². The van der Waals surface area contributed by atoms with Crippen molar-refractivity contribution in [3.05, 3.63) is 70.7 Å². The topological polar surface area (TPSA) is 45.2 Å². The summed E-state index contributed by atoms with van der Waals surface area (Å²) in [5.41, 5.74) is 1.53. The lowest BCUT2D eigenvalue weighted by Gasteiger charge is -2.11. The number of benzene rings is 2. The van der Waals surface area contributed by atoms with Crippen LogP contribution in [0, 0.1) is 0 Å².